The molecule has 2 amide bonds. The minimum Gasteiger partial charge on any atom is -0.368 e. The Morgan fingerprint density at radius 2 is 2.08 bits per heavy atom. The second-order valence-electron chi connectivity index (χ2n) is 5.41. The third-order valence-corrected chi connectivity index (χ3v) is 3.74. The Bertz CT molecular complexity index is 741. The van der Waals surface area contributed by atoms with Gasteiger partial charge in [0.2, 0.25) is 5.91 Å². The monoisotopic (exact) mass is 326 g/mol. The van der Waals surface area contributed by atoms with Crippen molar-refractivity contribution in [2.24, 2.45) is 10.8 Å². The lowest BCUT2D eigenvalue weighted by Crippen LogP contribution is -2.40. The first-order chi connectivity index (χ1) is 11.6. The van der Waals surface area contributed by atoms with Crippen molar-refractivity contribution in [3.8, 4) is 0 Å². The second kappa shape index (κ2) is 6.95. The summed E-state index contributed by atoms with van der Waals surface area (Å²) in [6.07, 6.45) is 5.37. The molecule has 24 heavy (non-hydrogen) atoms. The summed E-state index contributed by atoms with van der Waals surface area (Å²) in [5.41, 5.74) is 6.48. The molecule has 0 saturated heterocycles. The van der Waals surface area contributed by atoms with Gasteiger partial charge < -0.3 is 15.6 Å². The number of hydrogen-bond donors (Lipinski definition) is 2. The predicted molar refractivity (Wildman–Crippen MR) is 89.2 cm³/mol. The molecule has 0 aliphatic carbocycles. The largest absolute Gasteiger partial charge is 0.368 e. The van der Waals surface area contributed by atoms with Crippen molar-refractivity contribution in [1.29, 1.82) is 0 Å². The quantitative estimate of drug-likeness (QED) is 0.786. The maximum absolute atomic E-state index is 12.3. The normalized spacial score (nSPS) is 16.8. The molecule has 0 saturated carbocycles. The minimum absolute atomic E-state index is 0.196. The summed E-state index contributed by atoms with van der Waals surface area (Å²) in [6.45, 7) is 1.06. The van der Waals surface area contributed by atoms with E-state index >= 15 is 0 Å². The van der Waals surface area contributed by atoms with Crippen molar-refractivity contribution in [3.63, 3.8) is 0 Å². The Morgan fingerprint density at radius 1 is 1.29 bits per heavy atom. The molecule has 124 valence electrons. The van der Waals surface area contributed by atoms with Crippen LogP contribution in [0.15, 0.2) is 54.2 Å². The predicted octanol–water partition coefficient (Wildman–Crippen LogP) is 0.120. The smallest absolute Gasteiger partial charge is 0.267 e. The van der Waals surface area contributed by atoms with Crippen LogP contribution in [0, 0.1) is 0 Å². The second-order valence-corrected chi connectivity index (χ2v) is 5.41. The van der Waals surface area contributed by atoms with Gasteiger partial charge in [-0.15, -0.1) is 0 Å². The Kier molecular flexibility index (Phi) is 4.55. The highest BCUT2D eigenvalue weighted by Crippen LogP contribution is 2.24. The van der Waals surface area contributed by atoms with Crippen LogP contribution in [0.5, 0.6) is 0 Å². The number of benzene rings is 1. The maximum atomic E-state index is 12.3. The van der Waals surface area contributed by atoms with E-state index in [4.69, 9.17) is 5.73 Å². The molecule has 1 aromatic heterocycles. The van der Waals surface area contributed by atoms with Crippen LogP contribution >= 0.6 is 0 Å². The number of imidazole rings is 1. The number of carbonyl (C=O) groups is 2. The van der Waals surface area contributed by atoms with E-state index in [1.165, 1.54) is 5.01 Å². The van der Waals surface area contributed by atoms with Gasteiger partial charge >= 0.3 is 0 Å². The molecule has 0 radical (unpaired) electrons. The number of nitrogens with two attached hydrogens (primary N) is 1. The fourth-order valence-corrected chi connectivity index (χ4v) is 2.51. The van der Waals surface area contributed by atoms with Crippen LogP contribution in [0.25, 0.3) is 0 Å². The lowest BCUT2D eigenvalue weighted by atomic mass is 10.1. The lowest BCUT2D eigenvalue weighted by molar-refractivity contribution is -0.119. The topological polar surface area (TPSA) is 106 Å². The molecule has 2 heterocycles. The van der Waals surface area contributed by atoms with E-state index in [-0.39, 0.29) is 12.3 Å². The summed E-state index contributed by atoms with van der Waals surface area (Å²) < 4.78 is 1.86. The molecule has 0 bridgehead atoms. The van der Waals surface area contributed by atoms with Gasteiger partial charge in [-0.2, -0.15) is 5.10 Å². The summed E-state index contributed by atoms with van der Waals surface area (Å²) in [7, 11) is 0. The number of rotatable bonds is 6. The van der Waals surface area contributed by atoms with E-state index in [9.17, 15) is 9.59 Å². The number of hydrogen-bond acceptors (Lipinski definition) is 5. The first-order valence-electron chi connectivity index (χ1n) is 7.60. The fraction of sp³-hybridized carbons (Fsp3) is 0.250. The van der Waals surface area contributed by atoms with Crippen LogP contribution < -0.4 is 16.1 Å². The molecule has 1 unspecified atom stereocenters. The highest BCUT2D eigenvalue weighted by Gasteiger charge is 2.34. The zero-order valence-electron chi connectivity index (χ0n) is 13.0. The lowest BCUT2D eigenvalue weighted by Gasteiger charge is -2.20. The summed E-state index contributed by atoms with van der Waals surface area (Å²) in [5.74, 6) is -0.802. The molecule has 3 N–H and O–H groups in total. The van der Waals surface area contributed by atoms with Gasteiger partial charge in [-0.1, -0.05) is 18.2 Å². The molecule has 1 atom stereocenters. The average Bonchev–Trinajstić information content (AvgIpc) is 3.25. The molecule has 3 rings (SSSR count). The molecule has 2 aromatic rings. The first kappa shape index (κ1) is 15.7. The van der Waals surface area contributed by atoms with E-state index in [1.54, 1.807) is 12.5 Å². The molecule has 8 nitrogen and oxygen atoms in total. The molecular formula is C16H18N6O2. The van der Waals surface area contributed by atoms with Crippen molar-refractivity contribution < 1.29 is 9.59 Å². The van der Waals surface area contributed by atoms with Gasteiger partial charge in [-0.25, -0.2) is 4.98 Å². The van der Waals surface area contributed by atoms with Gasteiger partial charge in [-0.05, 0) is 12.1 Å². The number of nitrogens with one attached hydrogen (secondary N) is 1. The van der Waals surface area contributed by atoms with Crippen molar-refractivity contribution >= 4 is 23.2 Å². The van der Waals surface area contributed by atoms with Crippen LogP contribution in [0.3, 0.4) is 0 Å². The van der Waals surface area contributed by atoms with E-state index in [0.717, 1.165) is 5.69 Å². The number of para-hydroxylation sites is 1. The van der Waals surface area contributed by atoms with Crippen molar-refractivity contribution in [3.05, 3.63) is 49.1 Å². The van der Waals surface area contributed by atoms with Gasteiger partial charge in [-0.3, -0.25) is 14.6 Å². The number of carbonyl (C=O) groups excluding carboxylic acids is 2. The molecule has 1 aromatic carbocycles. The van der Waals surface area contributed by atoms with E-state index in [0.29, 0.717) is 18.8 Å². The number of amides is 2. The molecule has 1 aliphatic heterocycles. The van der Waals surface area contributed by atoms with Crippen molar-refractivity contribution in [2.45, 2.75) is 19.0 Å². The SMILES string of the molecule is NC(=O)C1CC(C(=O)NCCn2ccnc2)=NN1c1ccccc1. The van der Waals surface area contributed by atoms with E-state index in [2.05, 4.69) is 15.4 Å². The zero-order chi connectivity index (χ0) is 16.9. The number of nitrogens with zero attached hydrogens (tertiary/aromatic N) is 4. The molecule has 1 aliphatic rings. The Morgan fingerprint density at radius 3 is 2.75 bits per heavy atom. The van der Waals surface area contributed by atoms with Gasteiger partial charge in [0.25, 0.3) is 5.91 Å². The first-order valence-corrected chi connectivity index (χ1v) is 7.60. The number of aromatic nitrogens is 2. The third kappa shape index (κ3) is 3.43. The molecule has 0 fully saturated rings. The molecule has 0 spiro atoms. The third-order valence-electron chi connectivity index (χ3n) is 3.74. The summed E-state index contributed by atoms with van der Waals surface area (Å²) in [4.78, 5) is 27.9. The van der Waals surface area contributed by atoms with Crippen molar-refractivity contribution in [1.82, 2.24) is 14.9 Å². The molecule has 8 heteroatoms. The zero-order valence-corrected chi connectivity index (χ0v) is 13.0. The van der Waals surface area contributed by atoms with Crippen LogP contribution in [0.4, 0.5) is 5.69 Å². The number of primary amides is 1. The van der Waals surface area contributed by atoms with Crippen molar-refractivity contribution in [2.75, 3.05) is 11.6 Å². The molecular weight excluding hydrogens is 308 g/mol. The standard InChI is InChI=1S/C16H18N6O2/c17-15(23)14-10-13(20-22(14)12-4-2-1-3-5-12)16(24)19-7-9-21-8-6-18-11-21/h1-6,8,11,14H,7,9-10H2,(H2,17,23)(H,19,24). The number of anilines is 1. The average molecular weight is 326 g/mol. The van der Waals surface area contributed by atoms with Crippen LogP contribution in [-0.4, -0.2) is 39.7 Å². The Hall–Kier alpha value is -3.16. The highest BCUT2D eigenvalue weighted by molar-refractivity contribution is 6.40. The van der Waals surface area contributed by atoms with E-state index in [1.807, 2.05) is 41.1 Å². The van der Waals surface area contributed by atoms with Crippen LogP contribution in [0.2, 0.25) is 0 Å². The Labute approximate surface area is 139 Å². The van der Waals surface area contributed by atoms with Gasteiger partial charge in [0.05, 0.1) is 12.0 Å². The summed E-state index contributed by atoms with van der Waals surface area (Å²) >= 11 is 0. The maximum Gasteiger partial charge on any atom is 0.267 e. The van der Waals surface area contributed by atoms with Gasteiger partial charge in [0.1, 0.15) is 11.8 Å². The van der Waals surface area contributed by atoms with Crippen LogP contribution in [0.1, 0.15) is 6.42 Å². The fourth-order valence-electron chi connectivity index (χ4n) is 2.51. The minimum atomic E-state index is -0.651. The summed E-state index contributed by atoms with van der Waals surface area (Å²) in [5, 5.41) is 8.60. The van der Waals surface area contributed by atoms with Crippen LogP contribution in [-0.2, 0) is 16.1 Å². The number of hydrazone groups is 1. The highest BCUT2D eigenvalue weighted by atomic mass is 16.2. The van der Waals surface area contributed by atoms with Gasteiger partial charge in [0.15, 0.2) is 0 Å². The van der Waals surface area contributed by atoms with Gasteiger partial charge in [0, 0.05) is 31.9 Å². The Balaban J connectivity index is 1.66. The summed E-state index contributed by atoms with van der Waals surface area (Å²) in [6, 6.07) is 8.53. The van der Waals surface area contributed by atoms with E-state index < -0.39 is 11.9 Å².